The second kappa shape index (κ2) is 4.74. The fraction of sp³-hybridized carbons (Fsp3) is 0.182. The zero-order chi connectivity index (χ0) is 9.68. The predicted molar refractivity (Wildman–Crippen MR) is 56.3 cm³/mol. The maximum atomic E-state index is 10.9. The summed E-state index contributed by atoms with van der Waals surface area (Å²) >= 11 is 1.18. The molecule has 1 rings (SSSR count). The maximum absolute atomic E-state index is 10.9. The Kier molecular flexibility index (Phi) is 3.60. The highest BCUT2D eigenvalue weighted by molar-refractivity contribution is 8.13. The molecule has 0 fully saturated rings. The quantitative estimate of drug-likeness (QED) is 0.667. The number of hydrogen-bond acceptors (Lipinski definition) is 2. The Balaban J connectivity index is 2.80. The van der Waals surface area contributed by atoms with Crippen LogP contribution in [0.4, 0.5) is 0 Å². The van der Waals surface area contributed by atoms with Crippen molar-refractivity contribution in [1.29, 1.82) is 0 Å². The van der Waals surface area contributed by atoms with Crippen molar-refractivity contribution < 1.29 is 4.79 Å². The molecule has 13 heavy (non-hydrogen) atoms. The van der Waals surface area contributed by atoms with Crippen LogP contribution in [0.2, 0.25) is 0 Å². The molecule has 0 heterocycles. The molecule has 0 aliphatic carbocycles. The summed E-state index contributed by atoms with van der Waals surface area (Å²) in [5.41, 5.74) is 1.00. The number of thioether (sulfide) groups is 1. The third-order valence-corrected chi connectivity index (χ3v) is 2.51. The lowest BCUT2D eigenvalue weighted by Gasteiger charge is -2.07. The molecule has 0 saturated carbocycles. The van der Waals surface area contributed by atoms with E-state index in [-0.39, 0.29) is 10.4 Å². The van der Waals surface area contributed by atoms with Crippen molar-refractivity contribution in [3.8, 4) is 12.3 Å². The van der Waals surface area contributed by atoms with Gasteiger partial charge in [0.1, 0.15) is 0 Å². The van der Waals surface area contributed by atoms with Gasteiger partial charge in [0, 0.05) is 6.92 Å². The van der Waals surface area contributed by atoms with Gasteiger partial charge in [0.2, 0.25) is 0 Å². The largest absolute Gasteiger partial charge is 0.287 e. The van der Waals surface area contributed by atoms with Crippen LogP contribution in [-0.2, 0) is 4.79 Å². The van der Waals surface area contributed by atoms with Crippen LogP contribution in [-0.4, -0.2) is 5.12 Å². The Morgan fingerprint density at radius 1 is 1.46 bits per heavy atom. The zero-order valence-corrected chi connectivity index (χ0v) is 8.17. The molecule has 1 atom stereocenters. The topological polar surface area (TPSA) is 17.1 Å². The van der Waals surface area contributed by atoms with E-state index in [1.165, 1.54) is 18.7 Å². The van der Waals surface area contributed by atoms with E-state index in [4.69, 9.17) is 6.42 Å². The minimum Gasteiger partial charge on any atom is -0.287 e. The maximum Gasteiger partial charge on any atom is 0.187 e. The van der Waals surface area contributed by atoms with E-state index in [1.807, 2.05) is 30.3 Å². The van der Waals surface area contributed by atoms with Crippen molar-refractivity contribution >= 4 is 16.9 Å². The van der Waals surface area contributed by atoms with Crippen molar-refractivity contribution in [2.45, 2.75) is 12.2 Å². The van der Waals surface area contributed by atoms with Crippen LogP contribution in [0.1, 0.15) is 17.7 Å². The summed E-state index contributed by atoms with van der Waals surface area (Å²) in [6.07, 6.45) is 5.33. The first-order chi connectivity index (χ1) is 6.24. The van der Waals surface area contributed by atoms with Gasteiger partial charge in [-0.25, -0.2) is 0 Å². The van der Waals surface area contributed by atoms with Gasteiger partial charge in [-0.3, -0.25) is 4.79 Å². The Hall–Kier alpha value is -1.20. The van der Waals surface area contributed by atoms with E-state index in [1.54, 1.807) is 0 Å². The first kappa shape index (κ1) is 9.88. The van der Waals surface area contributed by atoms with E-state index in [0.717, 1.165) is 5.56 Å². The van der Waals surface area contributed by atoms with Gasteiger partial charge in [0.15, 0.2) is 5.12 Å². The van der Waals surface area contributed by atoms with Gasteiger partial charge < -0.3 is 0 Å². The molecular weight excluding hydrogens is 180 g/mol. The SMILES string of the molecule is C#CC(SC(C)=O)c1ccccc1. The normalized spacial score (nSPS) is 11.7. The highest BCUT2D eigenvalue weighted by Crippen LogP contribution is 2.27. The summed E-state index contributed by atoms with van der Waals surface area (Å²) in [4.78, 5) is 10.9. The van der Waals surface area contributed by atoms with E-state index < -0.39 is 0 Å². The molecule has 0 bridgehead atoms. The number of carbonyl (C=O) groups excluding carboxylic acids is 1. The van der Waals surface area contributed by atoms with E-state index >= 15 is 0 Å². The van der Waals surface area contributed by atoms with Crippen molar-refractivity contribution in [2.75, 3.05) is 0 Å². The fourth-order valence-corrected chi connectivity index (χ4v) is 1.69. The number of hydrogen-bond donors (Lipinski definition) is 0. The molecule has 0 aromatic heterocycles. The molecule has 2 heteroatoms. The van der Waals surface area contributed by atoms with Gasteiger partial charge >= 0.3 is 0 Å². The summed E-state index contributed by atoms with van der Waals surface area (Å²) < 4.78 is 0. The van der Waals surface area contributed by atoms with Crippen LogP contribution in [0.3, 0.4) is 0 Å². The third-order valence-electron chi connectivity index (χ3n) is 1.54. The van der Waals surface area contributed by atoms with Gasteiger partial charge in [0.25, 0.3) is 0 Å². The molecule has 1 aromatic rings. The molecule has 0 aliphatic rings. The minimum absolute atomic E-state index is 0.0480. The first-order valence-electron chi connectivity index (χ1n) is 3.92. The second-order valence-corrected chi connectivity index (χ2v) is 3.85. The number of terminal acetylenes is 1. The summed E-state index contributed by atoms with van der Waals surface area (Å²) in [5.74, 6) is 2.59. The summed E-state index contributed by atoms with van der Waals surface area (Å²) in [7, 11) is 0. The van der Waals surface area contributed by atoms with Crippen LogP contribution in [0.15, 0.2) is 30.3 Å². The molecule has 0 aliphatic heterocycles. The van der Waals surface area contributed by atoms with Crippen LogP contribution >= 0.6 is 11.8 Å². The van der Waals surface area contributed by atoms with E-state index in [0.29, 0.717) is 0 Å². The van der Waals surface area contributed by atoms with Crippen LogP contribution in [0.5, 0.6) is 0 Å². The Morgan fingerprint density at radius 3 is 2.54 bits per heavy atom. The highest BCUT2D eigenvalue weighted by atomic mass is 32.2. The molecule has 1 unspecified atom stereocenters. The van der Waals surface area contributed by atoms with Crippen LogP contribution in [0, 0.1) is 12.3 Å². The Labute approximate surface area is 82.5 Å². The average Bonchev–Trinajstić information content (AvgIpc) is 2.15. The molecule has 1 aromatic carbocycles. The van der Waals surface area contributed by atoms with Crippen molar-refractivity contribution in [3.63, 3.8) is 0 Å². The van der Waals surface area contributed by atoms with Crippen molar-refractivity contribution in [2.24, 2.45) is 0 Å². The number of rotatable bonds is 2. The lowest BCUT2D eigenvalue weighted by Crippen LogP contribution is -1.93. The third kappa shape index (κ3) is 2.96. The number of carbonyl (C=O) groups is 1. The lowest BCUT2D eigenvalue weighted by molar-refractivity contribution is -0.109. The van der Waals surface area contributed by atoms with Gasteiger partial charge in [0.05, 0.1) is 5.25 Å². The molecule has 66 valence electrons. The minimum atomic E-state index is -0.154. The predicted octanol–water partition coefficient (Wildman–Crippen LogP) is 2.64. The van der Waals surface area contributed by atoms with Gasteiger partial charge in [-0.1, -0.05) is 48.0 Å². The molecule has 0 saturated heterocycles. The van der Waals surface area contributed by atoms with E-state index in [9.17, 15) is 4.79 Å². The summed E-state index contributed by atoms with van der Waals surface area (Å²) in [5, 5.41) is -0.106. The average molecular weight is 190 g/mol. The molecule has 0 N–H and O–H groups in total. The number of benzene rings is 1. The Morgan fingerprint density at radius 2 is 2.08 bits per heavy atom. The fourth-order valence-electron chi connectivity index (χ4n) is 0.992. The van der Waals surface area contributed by atoms with Crippen molar-refractivity contribution in [1.82, 2.24) is 0 Å². The standard InChI is InChI=1S/C11H10OS/c1-3-11(13-9(2)12)10-7-5-4-6-8-10/h1,4-8,11H,2H3. The highest BCUT2D eigenvalue weighted by Gasteiger charge is 2.10. The van der Waals surface area contributed by atoms with Gasteiger partial charge in [-0.15, -0.1) is 6.42 Å². The van der Waals surface area contributed by atoms with E-state index in [2.05, 4.69) is 5.92 Å². The smallest absolute Gasteiger partial charge is 0.187 e. The monoisotopic (exact) mass is 190 g/mol. The Bertz CT molecular complexity index is 324. The second-order valence-electron chi connectivity index (χ2n) is 2.57. The first-order valence-corrected chi connectivity index (χ1v) is 4.80. The molecule has 0 spiro atoms. The van der Waals surface area contributed by atoms with Crippen LogP contribution < -0.4 is 0 Å². The summed E-state index contributed by atoms with van der Waals surface area (Å²) in [6, 6.07) is 9.62. The van der Waals surface area contributed by atoms with Gasteiger partial charge in [-0.2, -0.15) is 0 Å². The molecule has 0 amide bonds. The molecule has 1 nitrogen and oxygen atoms in total. The summed E-state index contributed by atoms with van der Waals surface area (Å²) in [6.45, 7) is 1.53. The van der Waals surface area contributed by atoms with Crippen LogP contribution in [0.25, 0.3) is 0 Å². The van der Waals surface area contributed by atoms with Gasteiger partial charge in [-0.05, 0) is 5.56 Å². The lowest BCUT2D eigenvalue weighted by atomic mass is 10.2. The zero-order valence-electron chi connectivity index (χ0n) is 7.36. The molecular formula is C11H10OS. The van der Waals surface area contributed by atoms with Crippen molar-refractivity contribution in [3.05, 3.63) is 35.9 Å². The molecule has 0 radical (unpaired) electrons.